The third-order valence-electron chi connectivity index (χ3n) is 2.96. The van der Waals surface area contributed by atoms with E-state index >= 15 is 0 Å². The second-order valence-corrected chi connectivity index (χ2v) is 4.45. The van der Waals surface area contributed by atoms with Gasteiger partial charge < -0.3 is 0 Å². The first-order valence-corrected chi connectivity index (χ1v) is 5.61. The summed E-state index contributed by atoms with van der Waals surface area (Å²) in [5.74, 6) is 0. The first kappa shape index (κ1) is 17.5. The molecule has 5 nitrogen and oxygen atoms in total. The molecule has 0 aliphatic carbocycles. The van der Waals surface area contributed by atoms with Crippen molar-refractivity contribution < 1.29 is 26.3 Å². The van der Waals surface area contributed by atoms with E-state index in [0.717, 1.165) is 0 Å². The molecule has 0 aromatic heterocycles. The summed E-state index contributed by atoms with van der Waals surface area (Å²) < 4.78 is 78.0. The minimum atomic E-state index is -4.96. The molecule has 1 saturated heterocycles. The van der Waals surface area contributed by atoms with E-state index in [1.54, 1.807) is 0 Å². The summed E-state index contributed by atoms with van der Waals surface area (Å²) in [4.78, 5) is 1.16. The molecule has 0 aromatic rings. The summed E-state index contributed by atoms with van der Waals surface area (Å²) in [5.41, 5.74) is 0. The predicted octanol–water partition coefficient (Wildman–Crippen LogP) is 1.32. The van der Waals surface area contributed by atoms with Gasteiger partial charge in [0.25, 0.3) is 0 Å². The zero-order valence-electron chi connectivity index (χ0n) is 10.8. The fourth-order valence-corrected chi connectivity index (χ4v) is 2.37. The zero-order chi connectivity index (χ0) is 16.4. The van der Waals surface area contributed by atoms with E-state index in [0.29, 0.717) is 16.8 Å². The van der Waals surface area contributed by atoms with Crippen LogP contribution in [-0.2, 0) is 0 Å². The maximum absolute atomic E-state index is 13.0. The zero-order valence-corrected chi connectivity index (χ0v) is 10.8. The molecule has 2 atom stereocenters. The summed E-state index contributed by atoms with van der Waals surface area (Å²) in [5, 5.41) is 17.1. The highest BCUT2D eigenvalue weighted by Crippen LogP contribution is 2.37. The van der Waals surface area contributed by atoms with Gasteiger partial charge in [0.2, 0.25) is 0 Å². The van der Waals surface area contributed by atoms with Crippen LogP contribution in [0.15, 0.2) is 0 Å². The highest BCUT2D eigenvalue weighted by molar-refractivity contribution is 4.96. The number of hydrogen-bond donors (Lipinski definition) is 0. The molecule has 0 saturated carbocycles. The van der Waals surface area contributed by atoms with E-state index in [2.05, 4.69) is 0 Å². The second-order valence-electron chi connectivity index (χ2n) is 4.45. The molecule has 11 heteroatoms. The van der Waals surface area contributed by atoms with Gasteiger partial charge in [0.05, 0.1) is 31.9 Å². The molecule has 118 valence electrons. The van der Waals surface area contributed by atoms with Gasteiger partial charge >= 0.3 is 12.4 Å². The van der Waals surface area contributed by atoms with Crippen LogP contribution in [0.2, 0.25) is 0 Å². The van der Waals surface area contributed by atoms with E-state index < -0.39 is 44.4 Å². The Kier molecular flexibility index (Phi) is 5.04. The first-order chi connectivity index (χ1) is 9.54. The van der Waals surface area contributed by atoms with Gasteiger partial charge in [0.15, 0.2) is 12.3 Å². The fourth-order valence-electron chi connectivity index (χ4n) is 2.37. The van der Waals surface area contributed by atoms with Crippen molar-refractivity contribution in [3.05, 3.63) is 0 Å². The van der Waals surface area contributed by atoms with Crippen molar-refractivity contribution in [2.75, 3.05) is 26.8 Å². The average molecular weight is 315 g/mol. The average Bonchev–Trinajstić information content (AvgIpc) is 2.25. The van der Waals surface area contributed by atoms with Crippen LogP contribution in [-0.4, -0.2) is 66.2 Å². The smallest absolute Gasteiger partial charge is 0.260 e. The molecule has 1 heterocycles. The molecule has 1 aliphatic heterocycles. The van der Waals surface area contributed by atoms with Crippen LogP contribution >= 0.6 is 0 Å². The van der Waals surface area contributed by atoms with Gasteiger partial charge in [-0.2, -0.15) is 36.9 Å². The van der Waals surface area contributed by atoms with Crippen LogP contribution in [0.25, 0.3) is 0 Å². The number of hydrogen-bond acceptors (Lipinski definition) is 5. The number of nitrogens with zero attached hydrogens (tertiary/aromatic N) is 5. The van der Waals surface area contributed by atoms with Crippen molar-refractivity contribution in [2.24, 2.45) is 0 Å². The van der Waals surface area contributed by atoms with E-state index in [1.165, 1.54) is 12.1 Å². The Morgan fingerprint density at radius 3 is 1.48 bits per heavy atom. The van der Waals surface area contributed by atoms with Gasteiger partial charge in [0.1, 0.15) is 0 Å². The van der Waals surface area contributed by atoms with Crippen molar-refractivity contribution in [2.45, 2.75) is 24.7 Å². The molecule has 0 spiro atoms. The second kappa shape index (κ2) is 6.05. The van der Waals surface area contributed by atoms with E-state index in [9.17, 15) is 26.3 Å². The summed E-state index contributed by atoms with van der Waals surface area (Å²) >= 11 is 0. The van der Waals surface area contributed by atoms with Gasteiger partial charge in [-0.1, -0.05) is 0 Å². The molecular formula is C10H11F6N5. The van der Waals surface area contributed by atoms with E-state index in [1.807, 2.05) is 0 Å². The molecule has 0 N–H and O–H groups in total. The monoisotopic (exact) mass is 315 g/mol. The van der Waals surface area contributed by atoms with Crippen molar-refractivity contribution in [1.82, 2.24) is 14.7 Å². The van der Waals surface area contributed by atoms with Crippen LogP contribution in [0.1, 0.15) is 0 Å². The summed E-state index contributed by atoms with van der Waals surface area (Å²) in [7, 11) is 0.671. The predicted molar refractivity (Wildman–Crippen MR) is 57.0 cm³/mol. The Labute approximate surface area is 116 Å². The number of alkyl halides is 6. The Bertz CT molecular complexity index is 407. The topological polar surface area (TPSA) is 57.3 Å². The van der Waals surface area contributed by atoms with Gasteiger partial charge in [0, 0.05) is 0 Å². The Balaban J connectivity index is 3.22. The Hall–Kier alpha value is -1.56. The molecule has 1 fully saturated rings. The van der Waals surface area contributed by atoms with Crippen molar-refractivity contribution >= 4 is 0 Å². The minimum absolute atomic E-state index is 0.0815. The Morgan fingerprint density at radius 2 is 1.24 bits per heavy atom. The van der Waals surface area contributed by atoms with Crippen LogP contribution in [0, 0.1) is 22.7 Å². The third kappa shape index (κ3) is 3.75. The molecule has 1 rings (SSSR count). The van der Waals surface area contributed by atoms with Crippen LogP contribution in [0.4, 0.5) is 26.3 Å². The fraction of sp³-hybridized carbons (Fsp3) is 0.800. The molecule has 2 unspecified atom stereocenters. The lowest BCUT2D eigenvalue weighted by atomic mass is 10.2. The number of halogens is 6. The van der Waals surface area contributed by atoms with Crippen molar-refractivity contribution in [1.29, 1.82) is 10.5 Å². The molecular weight excluding hydrogens is 304 g/mol. The van der Waals surface area contributed by atoms with E-state index in [4.69, 9.17) is 10.5 Å². The lowest BCUT2D eigenvalue weighted by Gasteiger charge is -2.51. The number of nitriles is 2. The summed E-state index contributed by atoms with van der Waals surface area (Å²) in [6.45, 7) is -2.19. The Morgan fingerprint density at radius 1 is 0.905 bits per heavy atom. The van der Waals surface area contributed by atoms with Gasteiger partial charge in [-0.3, -0.25) is 14.7 Å². The normalized spacial score (nSPS) is 26.3. The van der Waals surface area contributed by atoms with Crippen molar-refractivity contribution in [3.8, 4) is 12.1 Å². The van der Waals surface area contributed by atoms with Gasteiger partial charge in [-0.05, 0) is 7.05 Å². The van der Waals surface area contributed by atoms with E-state index in [-0.39, 0.29) is 4.90 Å². The van der Waals surface area contributed by atoms with Crippen LogP contribution in [0.3, 0.4) is 0 Å². The molecule has 21 heavy (non-hydrogen) atoms. The summed E-state index contributed by atoms with van der Waals surface area (Å²) in [6.07, 6.45) is -15.0. The van der Waals surface area contributed by atoms with Gasteiger partial charge in [-0.25, -0.2) is 0 Å². The summed E-state index contributed by atoms with van der Waals surface area (Å²) in [6, 6.07) is 2.97. The third-order valence-corrected chi connectivity index (χ3v) is 2.96. The molecule has 0 aromatic carbocycles. The van der Waals surface area contributed by atoms with Crippen LogP contribution < -0.4 is 0 Å². The maximum atomic E-state index is 13.0. The maximum Gasteiger partial charge on any atom is 0.417 e. The largest absolute Gasteiger partial charge is 0.417 e. The highest BCUT2D eigenvalue weighted by atomic mass is 19.4. The van der Waals surface area contributed by atoms with Crippen LogP contribution in [0.5, 0.6) is 0 Å². The minimum Gasteiger partial charge on any atom is -0.260 e. The molecule has 1 aliphatic rings. The lowest BCUT2D eigenvalue weighted by molar-refractivity contribution is -0.310. The van der Waals surface area contributed by atoms with Crippen molar-refractivity contribution in [3.63, 3.8) is 0 Å². The first-order valence-electron chi connectivity index (χ1n) is 5.61. The lowest BCUT2D eigenvalue weighted by Crippen LogP contribution is -2.72. The quantitative estimate of drug-likeness (QED) is 0.568. The standard InChI is InChI=1S/C10H11F6N5/c1-19-7(9(11,12)13)20(4-2-17)6-21(5-3-18)8(19)10(14,15)16/h7-8H,4-6H2,1H3. The molecule has 0 amide bonds. The highest BCUT2D eigenvalue weighted by Gasteiger charge is 2.58. The molecule has 0 radical (unpaired) electrons. The number of rotatable bonds is 2. The van der Waals surface area contributed by atoms with Gasteiger partial charge in [-0.15, -0.1) is 0 Å². The SMILES string of the molecule is CN1C(C(F)(F)F)N(CC#N)CN(CC#N)C1C(F)(F)F. The molecule has 0 bridgehead atoms.